The molecule has 3 fully saturated rings. The van der Waals surface area contributed by atoms with E-state index >= 15 is 0 Å². The van der Waals surface area contributed by atoms with Gasteiger partial charge in [-0.1, -0.05) is 74.5 Å². The minimum Gasteiger partial charge on any atom is -0.504 e. The number of aliphatic hydroxyl groups excluding tert-OH is 1. The Kier molecular flexibility index (Phi) is 7.75. The number of ketones is 1. The van der Waals surface area contributed by atoms with E-state index in [0.717, 1.165) is 11.1 Å². The van der Waals surface area contributed by atoms with E-state index in [0.29, 0.717) is 6.42 Å². The van der Waals surface area contributed by atoms with Crippen LogP contribution in [0.3, 0.4) is 0 Å². The van der Waals surface area contributed by atoms with Gasteiger partial charge in [-0.05, 0) is 43.2 Å². The molecule has 2 saturated carbocycles. The second kappa shape index (κ2) is 11.0. The molecule has 6 rings (SSSR count). The summed E-state index contributed by atoms with van der Waals surface area (Å²) in [7, 11) is 0. The number of carbonyl (C=O) groups excluding carboxylic acids is 2. The van der Waals surface area contributed by atoms with Gasteiger partial charge in [0.25, 0.3) is 0 Å². The number of esters is 1. The molecule has 236 valence electrons. The minimum atomic E-state index is -2.59. The molecular weight excluding hydrogens is 568 g/mol. The molecule has 7 atom stereocenters. The van der Waals surface area contributed by atoms with Crippen molar-refractivity contribution in [3.8, 4) is 0 Å². The number of Topliss-reactive ketones (excluding diaryl/α,β-unsaturated/α-hetero) is 1. The van der Waals surface area contributed by atoms with Crippen LogP contribution in [0, 0.1) is 11.3 Å². The Bertz CT molecular complexity index is 1440. The third-order valence-electron chi connectivity index (χ3n) is 10.7. The number of rotatable bonds is 10. The molecule has 1 heterocycles. The Morgan fingerprint density at radius 2 is 1.48 bits per heavy atom. The highest BCUT2D eigenvalue weighted by atomic mass is 16.7. The standard InChI is InChI=1S/C34H40O10/c1-22-14-17-31(43-21-41-19-25-12-8-5-9-13-25)30(3)16-15-26(35)44-34(31,32(38)23(2)27(36)28(37)33(30,32)39)29(22)42-20-40-18-24-10-6-4-7-11-24/h4-13,22,29,36,38-39H,14-21H2,1-3H3/t22?,29?,30?,31-,32?,33?,34?/m0/s1. The van der Waals surface area contributed by atoms with Gasteiger partial charge in [0.2, 0.25) is 11.4 Å². The predicted octanol–water partition coefficient (Wildman–Crippen LogP) is 3.88. The maximum atomic E-state index is 13.9. The molecule has 2 bridgehead atoms. The van der Waals surface area contributed by atoms with Gasteiger partial charge >= 0.3 is 5.97 Å². The molecule has 0 aromatic heterocycles. The molecule has 3 N–H and O–H groups in total. The number of fused-ring (bicyclic) bond motifs is 2. The third-order valence-corrected chi connectivity index (χ3v) is 10.7. The molecule has 10 nitrogen and oxygen atoms in total. The fourth-order valence-electron chi connectivity index (χ4n) is 8.55. The van der Waals surface area contributed by atoms with Crippen molar-refractivity contribution >= 4 is 11.8 Å². The summed E-state index contributed by atoms with van der Waals surface area (Å²) < 4.78 is 31.2. The first kappa shape index (κ1) is 30.9. The molecule has 4 aliphatic rings. The molecule has 10 heteroatoms. The second-order valence-electron chi connectivity index (χ2n) is 12.7. The van der Waals surface area contributed by atoms with Gasteiger partial charge in [-0.25, -0.2) is 0 Å². The zero-order valence-electron chi connectivity index (χ0n) is 25.3. The highest BCUT2D eigenvalue weighted by molar-refractivity contribution is 6.08. The maximum absolute atomic E-state index is 13.9. The average Bonchev–Trinajstić information content (AvgIpc) is 3.17. The lowest BCUT2D eigenvalue weighted by Gasteiger charge is -2.58. The Morgan fingerprint density at radius 1 is 0.886 bits per heavy atom. The topological polar surface area (TPSA) is 141 Å². The van der Waals surface area contributed by atoms with Crippen molar-refractivity contribution in [2.45, 2.75) is 88.2 Å². The van der Waals surface area contributed by atoms with E-state index in [4.69, 9.17) is 23.7 Å². The summed E-state index contributed by atoms with van der Waals surface area (Å²) in [5.41, 5.74) is -8.94. The fraction of sp³-hybridized carbons (Fsp3) is 0.529. The molecule has 2 aromatic carbocycles. The third kappa shape index (κ3) is 3.88. The van der Waals surface area contributed by atoms with E-state index in [1.165, 1.54) is 6.92 Å². The SMILES string of the molecule is CC1=C(O)C(=O)C2(O)C1(O)C13OC(=O)CCC2(C)[C@@]1(OCOCc1ccccc1)CCC(C)C3OCOCc1ccccc1. The van der Waals surface area contributed by atoms with Gasteiger partial charge in [-0.2, -0.15) is 0 Å². The zero-order chi connectivity index (χ0) is 31.4. The van der Waals surface area contributed by atoms with E-state index in [1.807, 2.05) is 67.6 Å². The largest absolute Gasteiger partial charge is 0.504 e. The first-order valence-electron chi connectivity index (χ1n) is 15.1. The average molecular weight is 609 g/mol. The monoisotopic (exact) mass is 608 g/mol. The highest BCUT2D eigenvalue weighted by Crippen LogP contribution is 2.76. The van der Waals surface area contributed by atoms with E-state index in [2.05, 4.69) is 0 Å². The summed E-state index contributed by atoms with van der Waals surface area (Å²) in [6, 6.07) is 19.0. The molecule has 0 spiro atoms. The van der Waals surface area contributed by atoms with E-state index in [9.17, 15) is 24.9 Å². The van der Waals surface area contributed by atoms with Crippen molar-refractivity contribution in [2.24, 2.45) is 11.3 Å². The number of hydrogen-bond donors (Lipinski definition) is 3. The molecule has 0 radical (unpaired) electrons. The van der Waals surface area contributed by atoms with Crippen LogP contribution in [0.2, 0.25) is 0 Å². The van der Waals surface area contributed by atoms with E-state index in [1.54, 1.807) is 6.92 Å². The summed E-state index contributed by atoms with van der Waals surface area (Å²) >= 11 is 0. The van der Waals surface area contributed by atoms with Crippen molar-refractivity contribution in [1.82, 2.24) is 0 Å². The van der Waals surface area contributed by atoms with Crippen molar-refractivity contribution in [1.29, 1.82) is 0 Å². The lowest BCUT2D eigenvalue weighted by Crippen LogP contribution is -2.77. The summed E-state index contributed by atoms with van der Waals surface area (Å²) in [5.74, 6) is -2.78. The van der Waals surface area contributed by atoms with Crippen LogP contribution in [0.25, 0.3) is 0 Å². The van der Waals surface area contributed by atoms with Gasteiger partial charge in [0.05, 0.1) is 13.2 Å². The molecule has 6 unspecified atom stereocenters. The van der Waals surface area contributed by atoms with Gasteiger partial charge < -0.3 is 39.0 Å². The number of ether oxygens (including phenoxy) is 5. The Morgan fingerprint density at radius 3 is 2.09 bits per heavy atom. The van der Waals surface area contributed by atoms with Gasteiger partial charge in [0, 0.05) is 17.4 Å². The summed E-state index contributed by atoms with van der Waals surface area (Å²) in [6.45, 7) is 4.82. The Labute approximate surface area is 256 Å². The van der Waals surface area contributed by atoms with Crippen LogP contribution >= 0.6 is 0 Å². The molecule has 0 amide bonds. The van der Waals surface area contributed by atoms with Gasteiger partial charge in [0.1, 0.15) is 25.3 Å². The van der Waals surface area contributed by atoms with Crippen LogP contribution < -0.4 is 0 Å². The quantitative estimate of drug-likeness (QED) is 0.207. The second-order valence-corrected chi connectivity index (χ2v) is 12.7. The zero-order valence-corrected chi connectivity index (χ0v) is 25.3. The van der Waals surface area contributed by atoms with Crippen molar-refractivity contribution < 1.29 is 48.6 Å². The van der Waals surface area contributed by atoms with Crippen molar-refractivity contribution in [3.63, 3.8) is 0 Å². The number of carbonyl (C=O) groups is 2. The fourth-order valence-corrected chi connectivity index (χ4v) is 8.55. The van der Waals surface area contributed by atoms with Crippen molar-refractivity contribution in [3.05, 3.63) is 83.1 Å². The summed E-state index contributed by atoms with van der Waals surface area (Å²) in [6.07, 6.45) is -0.598. The number of hydrogen-bond acceptors (Lipinski definition) is 10. The van der Waals surface area contributed by atoms with Crippen LogP contribution in [0.5, 0.6) is 0 Å². The molecular formula is C34H40O10. The highest BCUT2D eigenvalue weighted by Gasteiger charge is 2.96. The number of benzene rings is 2. The summed E-state index contributed by atoms with van der Waals surface area (Å²) in [4.78, 5) is 27.3. The molecule has 2 aromatic rings. The van der Waals surface area contributed by atoms with Gasteiger partial charge in [-0.15, -0.1) is 0 Å². The van der Waals surface area contributed by atoms with Gasteiger partial charge in [-0.3, -0.25) is 9.59 Å². The normalized spacial score (nSPS) is 37.8. The Hall–Kier alpha value is -3.12. The minimum absolute atomic E-state index is 0.0526. The predicted molar refractivity (Wildman–Crippen MR) is 156 cm³/mol. The van der Waals surface area contributed by atoms with Crippen molar-refractivity contribution in [2.75, 3.05) is 13.6 Å². The van der Waals surface area contributed by atoms with E-state index in [-0.39, 0.29) is 57.6 Å². The smallest absolute Gasteiger partial charge is 0.306 e. The molecule has 1 saturated heterocycles. The van der Waals surface area contributed by atoms with Crippen LogP contribution in [-0.2, 0) is 46.5 Å². The molecule has 3 aliphatic carbocycles. The lowest BCUT2D eigenvalue weighted by molar-refractivity contribution is -0.331. The van der Waals surface area contributed by atoms with Crippen LogP contribution in [0.15, 0.2) is 72.0 Å². The molecule has 44 heavy (non-hydrogen) atoms. The van der Waals surface area contributed by atoms with Crippen LogP contribution in [0.1, 0.15) is 57.6 Å². The van der Waals surface area contributed by atoms with Crippen LogP contribution in [0.4, 0.5) is 0 Å². The first-order chi connectivity index (χ1) is 21.0. The van der Waals surface area contributed by atoms with E-state index < -0.39 is 51.4 Å². The Balaban J connectivity index is 1.43. The van der Waals surface area contributed by atoms with Gasteiger partial charge in [0.15, 0.2) is 17.0 Å². The number of aliphatic hydroxyl groups is 3. The summed E-state index contributed by atoms with van der Waals surface area (Å²) in [5, 5.41) is 36.4. The lowest BCUT2D eigenvalue weighted by atomic mass is 9.57. The maximum Gasteiger partial charge on any atom is 0.306 e. The first-order valence-corrected chi connectivity index (χ1v) is 15.1. The molecule has 1 aliphatic heterocycles. The van der Waals surface area contributed by atoms with Crippen LogP contribution in [-0.4, -0.2) is 69.2 Å².